The molecule has 1 saturated heterocycles. The van der Waals surface area contributed by atoms with Gasteiger partial charge in [0.25, 0.3) is 5.91 Å². The number of hydrogen-bond acceptors (Lipinski definition) is 4. The maximum absolute atomic E-state index is 13.2. The summed E-state index contributed by atoms with van der Waals surface area (Å²) in [5.74, 6) is -1.89. The summed E-state index contributed by atoms with van der Waals surface area (Å²) < 4.78 is 26.2. The Balaban J connectivity index is 1.45. The smallest absolute Gasteiger partial charge is 0.274 e. The van der Waals surface area contributed by atoms with E-state index in [0.717, 1.165) is 30.7 Å². The van der Waals surface area contributed by atoms with Crippen LogP contribution in [0.4, 0.5) is 8.78 Å². The number of piperidine rings is 1. The fourth-order valence-corrected chi connectivity index (χ4v) is 3.42. The Labute approximate surface area is 168 Å². The number of carbonyl (C=O) groups excluding carboxylic acids is 2. The summed E-state index contributed by atoms with van der Waals surface area (Å²) in [7, 11) is 0. The highest BCUT2D eigenvalue weighted by Crippen LogP contribution is 2.22. The van der Waals surface area contributed by atoms with Crippen molar-refractivity contribution in [3.8, 4) is 0 Å². The van der Waals surface area contributed by atoms with Gasteiger partial charge in [0, 0.05) is 32.3 Å². The van der Waals surface area contributed by atoms with Gasteiger partial charge in [-0.15, -0.1) is 0 Å². The van der Waals surface area contributed by atoms with Crippen molar-refractivity contribution in [2.24, 2.45) is 5.92 Å². The van der Waals surface area contributed by atoms with Crippen molar-refractivity contribution in [1.29, 1.82) is 0 Å². The molecule has 0 radical (unpaired) electrons. The largest absolute Gasteiger partial charge is 0.352 e. The van der Waals surface area contributed by atoms with Gasteiger partial charge in [0.05, 0.1) is 11.9 Å². The molecule has 0 aliphatic carbocycles. The number of carbonyl (C=O) groups is 2. The predicted octanol–water partition coefficient (Wildman–Crippen LogP) is 3.01. The lowest BCUT2D eigenvalue weighted by molar-refractivity contribution is -0.121. The molecule has 1 N–H and O–H groups in total. The summed E-state index contributed by atoms with van der Waals surface area (Å²) in [6, 6.07) is 3.56. The first-order valence-electron chi connectivity index (χ1n) is 9.71. The molecular formula is C21H24F2N4O2. The standard InChI is InChI=1S/C21H24F2N4O2/c1-14-10-25-19(12-24-14)21(29)27-8-2-3-15(13-27)5-7-20(28)26-11-16-4-6-17(22)18(23)9-16/h4,6,9-10,12,15H,2-3,5,7-8,11,13H2,1H3,(H,26,28). The molecule has 154 valence electrons. The maximum Gasteiger partial charge on any atom is 0.274 e. The molecule has 2 aromatic rings. The van der Waals surface area contributed by atoms with Gasteiger partial charge < -0.3 is 10.2 Å². The Morgan fingerprint density at radius 3 is 2.76 bits per heavy atom. The fraction of sp³-hybridized carbons (Fsp3) is 0.429. The van der Waals surface area contributed by atoms with Crippen molar-refractivity contribution in [2.75, 3.05) is 13.1 Å². The topological polar surface area (TPSA) is 75.2 Å². The minimum Gasteiger partial charge on any atom is -0.352 e. The third-order valence-corrected chi connectivity index (χ3v) is 5.06. The van der Waals surface area contributed by atoms with Gasteiger partial charge in [0.1, 0.15) is 5.69 Å². The van der Waals surface area contributed by atoms with E-state index < -0.39 is 11.6 Å². The lowest BCUT2D eigenvalue weighted by Gasteiger charge is -2.32. The molecule has 0 bridgehead atoms. The van der Waals surface area contributed by atoms with E-state index in [-0.39, 0.29) is 24.3 Å². The van der Waals surface area contributed by atoms with E-state index in [1.165, 1.54) is 12.3 Å². The Bertz CT molecular complexity index is 873. The maximum atomic E-state index is 13.2. The van der Waals surface area contributed by atoms with E-state index in [9.17, 15) is 18.4 Å². The van der Waals surface area contributed by atoms with E-state index in [1.807, 2.05) is 6.92 Å². The van der Waals surface area contributed by atoms with E-state index in [1.54, 1.807) is 11.1 Å². The van der Waals surface area contributed by atoms with Crippen LogP contribution in [0, 0.1) is 24.5 Å². The zero-order valence-electron chi connectivity index (χ0n) is 16.3. The number of aryl methyl sites for hydroxylation is 1. The van der Waals surface area contributed by atoms with Crippen LogP contribution in [0.15, 0.2) is 30.6 Å². The summed E-state index contributed by atoms with van der Waals surface area (Å²) in [5.41, 5.74) is 1.60. The lowest BCUT2D eigenvalue weighted by atomic mass is 9.93. The lowest BCUT2D eigenvalue weighted by Crippen LogP contribution is -2.40. The minimum atomic E-state index is -0.929. The summed E-state index contributed by atoms with van der Waals surface area (Å²) >= 11 is 0. The summed E-state index contributed by atoms with van der Waals surface area (Å²) in [5, 5.41) is 2.72. The molecule has 0 saturated carbocycles. The highest BCUT2D eigenvalue weighted by molar-refractivity contribution is 5.92. The van der Waals surface area contributed by atoms with Crippen LogP contribution >= 0.6 is 0 Å². The molecule has 2 amide bonds. The number of nitrogens with one attached hydrogen (secondary N) is 1. The molecule has 1 fully saturated rings. The average molecular weight is 402 g/mol. The molecule has 1 aliphatic rings. The van der Waals surface area contributed by atoms with Gasteiger partial charge in [-0.1, -0.05) is 6.07 Å². The van der Waals surface area contributed by atoms with Crippen LogP contribution in [0.1, 0.15) is 47.4 Å². The Morgan fingerprint density at radius 2 is 2.03 bits per heavy atom. The molecule has 3 rings (SSSR count). The molecule has 1 aromatic heterocycles. The first-order valence-corrected chi connectivity index (χ1v) is 9.71. The van der Waals surface area contributed by atoms with Gasteiger partial charge in [-0.2, -0.15) is 0 Å². The Kier molecular flexibility index (Phi) is 6.85. The molecule has 29 heavy (non-hydrogen) atoms. The zero-order valence-corrected chi connectivity index (χ0v) is 16.3. The van der Waals surface area contributed by atoms with Crippen LogP contribution in [0.2, 0.25) is 0 Å². The summed E-state index contributed by atoms with van der Waals surface area (Å²) in [6.45, 7) is 3.23. The van der Waals surface area contributed by atoms with Gasteiger partial charge in [0.2, 0.25) is 5.91 Å². The van der Waals surface area contributed by atoms with Gasteiger partial charge in [-0.25, -0.2) is 13.8 Å². The van der Waals surface area contributed by atoms with E-state index in [4.69, 9.17) is 0 Å². The van der Waals surface area contributed by atoms with Gasteiger partial charge in [0.15, 0.2) is 11.6 Å². The van der Waals surface area contributed by atoms with Crippen molar-refractivity contribution >= 4 is 11.8 Å². The number of nitrogens with zero attached hydrogens (tertiary/aromatic N) is 3. The van der Waals surface area contributed by atoms with Crippen LogP contribution in [0.25, 0.3) is 0 Å². The number of hydrogen-bond donors (Lipinski definition) is 1. The zero-order chi connectivity index (χ0) is 20.8. The quantitative estimate of drug-likeness (QED) is 0.806. The molecule has 8 heteroatoms. The molecule has 1 atom stereocenters. The monoisotopic (exact) mass is 402 g/mol. The van der Waals surface area contributed by atoms with Crippen LogP contribution < -0.4 is 5.32 Å². The molecule has 6 nitrogen and oxygen atoms in total. The van der Waals surface area contributed by atoms with Crippen LogP contribution in [-0.4, -0.2) is 39.8 Å². The highest BCUT2D eigenvalue weighted by atomic mass is 19.2. The number of amides is 2. The van der Waals surface area contributed by atoms with Crippen molar-refractivity contribution < 1.29 is 18.4 Å². The van der Waals surface area contributed by atoms with Crippen molar-refractivity contribution in [3.05, 3.63) is 59.2 Å². The van der Waals surface area contributed by atoms with E-state index in [2.05, 4.69) is 15.3 Å². The Morgan fingerprint density at radius 1 is 1.21 bits per heavy atom. The summed E-state index contributed by atoms with van der Waals surface area (Å²) in [4.78, 5) is 34.7. The highest BCUT2D eigenvalue weighted by Gasteiger charge is 2.25. The Hall–Kier alpha value is -2.90. The second kappa shape index (κ2) is 9.54. The van der Waals surface area contributed by atoms with E-state index in [0.29, 0.717) is 37.2 Å². The average Bonchev–Trinajstić information content (AvgIpc) is 2.73. The molecule has 1 unspecified atom stereocenters. The first kappa shape index (κ1) is 20.8. The minimum absolute atomic E-state index is 0.134. The van der Waals surface area contributed by atoms with Crippen molar-refractivity contribution in [1.82, 2.24) is 20.2 Å². The van der Waals surface area contributed by atoms with Crippen LogP contribution in [0.3, 0.4) is 0 Å². The summed E-state index contributed by atoms with van der Waals surface area (Å²) in [6.07, 6.45) is 5.89. The predicted molar refractivity (Wildman–Crippen MR) is 103 cm³/mol. The van der Waals surface area contributed by atoms with Gasteiger partial charge in [-0.05, 0) is 49.8 Å². The third-order valence-electron chi connectivity index (χ3n) is 5.06. The second-order valence-corrected chi connectivity index (χ2v) is 7.37. The van der Waals surface area contributed by atoms with Crippen LogP contribution in [0.5, 0.6) is 0 Å². The first-order chi connectivity index (χ1) is 13.9. The van der Waals surface area contributed by atoms with E-state index >= 15 is 0 Å². The normalized spacial score (nSPS) is 16.5. The van der Waals surface area contributed by atoms with Crippen molar-refractivity contribution in [3.63, 3.8) is 0 Å². The van der Waals surface area contributed by atoms with Crippen LogP contribution in [-0.2, 0) is 11.3 Å². The van der Waals surface area contributed by atoms with Crippen molar-refractivity contribution in [2.45, 2.75) is 39.2 Å². The van der Waals surface area contributed by atoms with Gasteiger partial charge in [-0.3, -0.25) is 14.6 Å². The third kappa shape index (κ3) is 5.79. The molecule has 2 heterocycles. The van der Waals surface area contributed by atoms with Gasteiger partial charge >= 0.3 is 0 Å². The number of aromatic nitrogens is 2. The SMILES string of the molecule is Cc1cnc(C(=O)N2CCCC(CCC(=O)NCc3ccc(F)c(F)c3)C2)cn1. The fourth-order valence-electron chi connectivity index (χ4n) is 3.42. The number of rotatable bonds is 6. The molecule has 0 spiro atoms. The second-order valence-electron chi connectivity index (χ2n) is 7.37. The number of benzene rings is 1. The molecule has 1 aromatic carbocycles. The number of halogens is 2. The number of likely N-dealkylation sites (tertiary alicyclic amines) is 1. The molecular weight excluding hydrogens is 378 g/mol. The molecule has 1 aliphatic heterocycles.